The van der Waals surface area contributed by atoms with E-state index < -0.39 is 22.3 Å². The summed E-state index contributed by atoms with van der Waals surface area (Å²) in [5, 5.41) is 30.7. The summed E-state index contributed by atoms with van der Waals surface area (Å²) < 4.78 is 6.04. The molecule has 0 saturated heterocycles. The predicted octanol–water partition coefficient (Wildman–Crippen LogP) is 4.79. The zero-order valence-electron chi connectivity index (χ0n) is 16.4. The van der Waals surface area contributed by atoms with Crippen LogP contribution in [-0.2, 0) is 16.2 Å². The Balaban J connectivity index is 2.16. The highest BCUT2D eigenvalue weighted by Gasteiger charge is 2.40. The van der Waals surface area contributed by atoms with E-state index in [0.29, 0.717) is 0 Å². The average Bonchev–Trinajstić information content (AvgIpc) is 2.74. The highest BCUT2D eigenvalue weighted by molar-refractivity contribution is 9.12. The van der Waals surface area contributed by atoms with Crippen molar-refractivity contribution in [2.24, 2.45) is 5.41 Å². The molecule has 0 aliphatic heterocycles. The summed E-state index contributed by atoms with van der Waals surface area (Å²) in [5.41, 5.74) is -0.587. The third-order valence-corrected chi connectivity index (χ3v) is 5.86. The van der Waals surface area contributed by atoms with Crippen LogP contribution < -0.4 is 4.74 Å². The Morgan fingerprint density at radius 2 is 1.87 bits per heavy atom. The zero-order valence-corrected chi connectivity index (χ0v) is 18.0. The number of halogens is 1. The number of nitro groups is 1. The molecule has 0 spiro atoms. The van der Waals surface area contributed by atoms with Gasteiger partial charge < -0.3 is 14.9 Å². The number of rotatable bonds is 7. The first kappa shape index (κ1) is 22.2. The molecule has 1 aliphatic rings. The second-order valence-electron chi connectivity index (χ2n) is 7.27. The van der Waals surface area contributed by atoms with Crippen molar-refractivity contribution in [1.29, 1.82) is 0 Å². The Morgan fingerprint density at radius 3 is 2.45 bits per heavy atom. The first-order valence-corrected chi connectivity index (χ1v) is 9.96. The topological polar surface area (TPSA) is 127 Å². The second kappa shape index (κ2) is 8.73. The lowest BCUT2D eigenvalue weighted by atomic mass is 9.76. The molecule has 0 fully saturated rings. The largest absolute Gasteiger partial charge is 0.488 e. The summed E-state index contributed by atoms with van der Waals surface area (Å²) in [6.07, 6.45) is 1.16. The normalized spacial score (nSPS) is 18.3. The van der Waals surface area contributed by atoms with Crippen LogP contribution in [0.15, 0.2) is 64.7 Å². The Kier molecular flexibility index (Phi) is 6.26. The summed E-state index contributed by atoms with van der Waals surface area (Å²) in [6, 6.07) is 13.2. The molecule has 8 nitrogen and oxygen atoms in total. The molecule has 0 radical (unpaired) electrons. The van der Waals surface area contributed by atoms with E-state index in [0.717, 1.165) is 5.56 Å². The maximum Gasteiger partial charge on any atom is 0.332 e. The number of nitro benzene ring substituents is 1. The van der Waals surface area contributed by atoms with Crippen molar-refractivity contribution < 1.29 is 29.5 Å². The number of carboxylic acid groups (broad SMARTS) is 2. The summed E-state index contributed by atoms with van der Waals surface area (Å²) in [4.78, 5) is 34.4. The number of hydrogen-bond acceptors (Lipinski definition) is 5. The summed E-state index contributed by atoms with van der Waals surface area (Å²) in [7, 11) is 0. The minimum atomic E-state index is -1.51. The third-order valence-electron chi connectivity index (χ3n) is 4.96. The fraction of sp³-hybridized carbons (Fsp3) is 0.182. The van der Waals surface area contributed by atoms with E-state index in [-0.39, 0.29) is 45.7 Å². The molecule has 2 aromatic carbocycles. The van der Waals surface area contributed by atoms with Crippen LogP contribution in [-0.4, -0.2) is 27.1 Å². The summed E-state index contributed by atoms with van der Waals surface area (Å²) in [6.45, 7) is 1.57. The van der Waals surface area contributed by atoms with Gasteiger partial charge in [-0.3, -0.25) is 14.9 Å². The average molecular weight is 488 g/mol. The van der Waals surface area contributed by atoms with Crippen LogP contribution in [0, 0.1) is 15.5 Å². The number of benzene rings is 2. The first-order chi connectivity index (χ1) is 14.6. The van der Waals surface area contributed by atoms with Gasteiger partial charge in [-0.2, -0.15) is 0 Å². The highest BCUT2D eigenvalue weighted by atomic mass is 79.9. The van der Waals surface area contributed by atoms with Crippen LogP contribution in [0.3, 0.4) is 0 Å². The van der Waals surface area contributed by atoms with Gasteiger partial charge in [0.25, 0.3) is 5.69 Å². The van der Waals surface area contributed by atoms with Crippen molar-refractivity contribution in [2.75, 3.05) is 0 Å². The minimum absolute atomic E-state index is 0.136. The summed E-state index contributed by atoms with van der Waals surface area (Å²) >= 11 is 3.26. The molecule has 2 N–H and O–H groups in total. The molecule has 1 atom stereocenters. The molecular weight excluding hydrogens is 470 g/mol. The Morgan fingerprint density at radius 1 is 1.19 bits per heavy atom. The third kappa shape index (κ3) is 4.66. The number of carbonyl (C=O) groups is 2. The van der Waals surface area contributed by atoms with Crippen LogP contribution in [0.4, 0.5) is 5.69 Å². The molecule has 1 aliphatic carbocycles. The van der Waals surface area contributed by atoms with Gasteiger partial charge in [0.15, 0.2) is 0 Å². The number of nitrogens with zero attached hydrogens (tertiary/aromatic N) is 1. The first-order valence-electron chi connectivity index (χ1n) is 9.16. The van der Waals surface area contributed by atoms with Crippen molar-refractivity contribution in [3.63, 3.8) is 0 Å². The van der Waals surface area contributed by atoms with E-state index in [9.17, 15) is 29.9 Å². The Bertz CT molecular complexity index is 1120. The molecule has 0 saturated carbocycles. The summed E-state index contributed by atoms with van der Waals surface area (Å²) in [5.74, 6) is -2.22. The molecule has 3 rings (SSSR count). The molecule has 31 heavy (non-hydrogen) atoms. The molecule has 9 heteroatoms. The van der Waals surface area contributed by atoms with Gasteiger partial charge in [0.2, 0.25) is 0 Å². The van der Waals surface area contributed by atoms with Gasteiger partial charge in [-0.15, -0.1) is 0 Å². The zero-order chi connectivity index (χ0) is 22.8. The smallest absolute Gasteiger partial charge is 0.332 e. The van der Waals surface area contributed by atoms with E-state index in [4.69, 9.17) is 4.74 Å². The molecule has 0 amide bonds. The van der Waals surface area contributed by atoms with Crippen LogP contribution in [0.2, 0.25) is 0 Å². The fourth-order valence-corrected chi connectivity index (χ4v) is 3.88. The van der Waals surface area contributed by atoms with Gasteiger partial charge in [0.05, 0.1) is 15.9 Å². The van der Waals surface area contributed by atoms with Gasteiger partial charge in [0, 0.05) is 28.6 Å². The van der Waals surface area contributed by atoms with Gasteiger partial charge in [-0.05, 0) is 40.1 Å². The molecule has 160 valence electrons. The molecule has 0 aromatic heterocycles. The quantitative estimate of drug-likeness (QED) is 0.424. The van der Waals surface area contributed by atoms with E-state index in [1.54, 1.807) is 0 Å². The molecule has 1 unspecified atom stereocenters. The highest BCUT2D eigenvalue weighted by Crippen LogP contribution is 2.47. The molecule has 2 aromatic rings. The lowest BCUT2D eigenvalue weighted by Gasteiger charge is -2.29. The monoisotopic (exact) mass is 487 g/mol. The number of carboxylic acids is 2. The predicted molar refractivity (Wildman–Crippen MR) is 116 cm³/mol. The maximum atomic E-state index is 11.9. The van der Waals surface area contributed by atoms with E-state index in [1.165, 1.54) is 31.2 Å². The van der Waals surface area contributed by atoms with Crippen LogP contribution in [0.1, 0.15) is 24.5 Å². The number of aliphatic carboxylic acids is 2. The van der Waals surface area contributed by atoms with Gasteiger partial charge in [-0.1, -0.05) is 36.4 Å². The van der Waals surface area contributed by atoms with E-state index in [2.05, 4.69) is 15.9 Å². The van der Waals surface area contributed by atoms with Crippen molar-refractivity contribution >= 4 is 39.1 Å². The number of ether oxygens (including phenoxy) is 1. The van der Waals surface area contributed by atoms with Crippen molar-refractivity contribution in [1.82, 2.24) is 0 Å². The van der Waals surface area contributed by atoms with Crippen molar-refractivity contribution in [3.8, 4) is 5.75 Å². The molecule has 0 bridgehead atoms. The van der Waals surface area contributed by atoms with Crippen molar-refractivity contribution in [2.45, 2.75) is 20.0 Å². The van der Waals surface area contributed by atoms with E-state index >= 15 is 0 Å². The van der Waals surface area contributed by atoms with Crippen molar-refractivity contribution in [3.05, 3.63) is 85.9 Å². The Hall–Kier alpha value is -3.46. The van der Waals surface area contributed by atoms with Gasteiger partial charge >= 0.3 is 11.9 Å². The lowest BCUT2D eigenvalue weighted by molar-refractivity contribution is -0.384. The Labute approximate surface area is 185 Å². The number of allylic oxidation sites excluding steroid dienone is 2. The van der Waals surface area contributed by atoms with Gasteiger partial charge in [-0.25, -0.2) is 4.79 Å². The second-order valence-corrected chi connectivity index (χ2v) is 8.06. The SMILES string of the molecule is CC1(C(=O)O)C=C(c2cc([N+](=O)[O-])ccc2OCc2ccccc2)C(Br)=C(C(=O)O)C1. The number of hydrogen-bond donors (Lipinski definition) is 2. The van der Waals surface area contributed by atoms with Crippen LogP contribution >= 0.6 is 15.9 Å². The fourth-order valence-electron chi connectivity index (χ4n) is 3.25. The van der Waals surface area contributed by atoms with Crippen LogP contribution in [0.25, 0.3) is 5.57 Å². The standard InChI is InChI=1S/C22H18BrNO7/c1-22(21(27)28)10-16(19(23)17(11-22)20(25)26)15-9-14(24(29)30)7-8-18(15)31-12-13-5-3-2-4-6-13/h2-10H,11-12H2,1H3,(H,25,26)(H,27,28). The minimum Gasteiger partial charge on any atom is -0.488 e. The van der Waals surface area contributed by atoms with Gasteiger partial charge in [0.1, 0.15) is 12.4 Å². The molecular formula is C22H18BrNO7. The van der Waals surface area contributed by atoms with E-state index in [1.807, 2.05) is 30.3 Å². The lowest BCUT2D eigenvalue weighted by Crippen LogP contribution is -2.30. The van der Waals surface area contributed by atoms with Crippen LogP contribution in [0.5, 0.6) is 5.75 Å². The maximum absolute atomic E-state index is 11.9. The number of non-ortho nitro benzene ring substituents is 1. The molecule has 0 heterocycles.